The average molecular weight is 434 g/mol. The number of nitrogens with zero attached hydrogens (tertiary/aromatic N) is 4. The molecular formula is C23H23N5O2S. The highest BCUT2D eigenvalue weighted by Gasteiger charge is 2.22. The van der Waals surface area contributed by atoms with Crippen molar-refractivity contribution in [3.05, 3.63) is 68.8 Å². The zero-order valence-electron chi connectivity index (χ0n) is 17.5. The number of hydrogen-bond acceptors (Lipinski definition) is 5. The zero-order chi connectivity index (χ0) is 21.5. The number of benzene rings is 1. The Morgan fingerprint density at radius 1 is 1.16 bits per heavy atom. The van der Waals surface area contributed by atoms with Gasteiger partial charge in [-0.05, 0) is 56.5 Å². The van der Waals surface area contributed by atoms with Crippen molar-refractivity contribution in [3.63, 3.8) is 0 Å². The van der Waals surface area contributed by atoms with Gasteiger partial charge in [-0.15, -0.1) is 11.3 Å². The normalized spacial score (nSPS) is 13.7. The highest BCUT2D eigenvalue weighted by molar-refractivity contribution is 7.20. The van der Waals surface area contributed by atoms with E-state index in [1.807, 2.05) is 48.9 Å². The first-order valence-electron chi connectivity index (χ1n) is 10.5. The Bertz CT molecular complexity index is 1360. The van der Waals surface area contributed by atoms with Crippen LogP contribution in [0, 0.1) is 13.8 Å². The zero-order valence-corrected chi connectivity index (χ0v) is 18.3. The second-order valence-electron chi connectivity index (χ2n) is 7.92. The Morgan fingerprint density at radius 2 is 2.03 bits per heavy atom. The maximum Gasteiger partial charge on any atom is 0.266 e. The highest BCUT2D eigenvalue weighted by atomic mass is 32.1. The number of anilines is 1. The van der Waals surface area contributed by atoms with Crippen molar-refractivity contribution in [1.29, 1.82) is 0 Å². The van der Waals surface area contributed by atoms with Gasteiger partial charge in [-0.3, -0.25) is 14.2 Å². The minimum absolute atomic E-state index is 0.0224. The van der Waals surface area contributed by atoms with E-state index >= 15 is 0 Å². The average Bonchev–Trinajstić information content (AvgIpc) is 3.23. The molecule has 0 aliphatic carbocycles. The van der Waals surface area contributed by atoms with Crippen LogP contribution in [0.15, 0.2) is 41.3 Å². The molecule has 3 aromatic heterocycles. The van der Waals surface area contributed by atoms with Gasteiger partial charge in [0, 0.05) is 30.5 Å². The van der Waals surface area contributed by atoms with Crippen LogP contribution in [-0.4, -0.2) is 25.2 Å². The molecule has 0 saturated carbocycles. The van der Waals surface area contributed by atoms with Crippen LogP contribution in [0.4, 0.5) is 5.69 Å². The van der Waals surface area contributed by atoms with E-state index in [-0.39, 0.29) is 11.5 Å². The van der Waals surface area contributed by atoms with Gasteiger partial charge in [0.2, 0.25) is 0 Å². The summed E-state index contributed by atoms with van der Waals surface area (Å²) < 4.78 is 3.62. The van der Waals surface area contributed by atoms with Crippen LogP contribution in [0.1, 0.15) is 46.0 Å². The lowest BCUT2D eigenvalue weighted by Crippen LogP contribution is -2.24. The van der Waals surface area contributed by atoms with E-state index < -0.39 is 0 Å². The monoisotopic (exact) mass is 433 g/mol. The fourth-order valence-electron chi connectivity index (χ4n) is 4.17. The van der Waals surface area contributed by atoms with Gasteiger partial charge in [-0.25, -0.2) is 9.67 Å². The summed E-state index contributed by atoms with van der Waals surface area (Å²) in [7, 11) is 0. The van der Waals surface area contributed by atoms with E-state index in [4.69, 9.17) is 4.98 Å². The minimum atomic E-state index is -0.227. The standard InChI is InChI=1S/C23H23N5O2S/c1-14-10-11-24-28(14)17-8-6-7-16(13-17)25-21(29)20-15(2)19-22(31-20)26-18-9-4-3-5-12-27(18)23(19)30/h6-8,10-11,13H,3-5,9,12H2,1-2H3,(H,25,29). The largest absolute Gasteiger partial charge is 0.321 e. The molecule has 5 rings (SSSR count). The number of rotatable bonds is 3. The summed E-state index contributed by atoms with van der Waals surface area (Å²) in [6.07, 6.45) is 5.70. The second kappa shape index (κ2) is 7.77. The number of thiophene rings is 1. The third-order valence-electron chi connectivity index (χ3n) is 5.80. The van der Waals surface area contributed by atoms with Gasteiger partial charge in [-0.1, -0.05) is 12.5 Å². The number of carbonyl (C=O) groups is 1. The molecule has 0 atom stereocenters. The first-order chi connectivity index (χ1) is 15.0. The fraction of sp³-hybridized carbons (Fsp3) is 0.304. The van der Waals surface area contributed by atoms with Crippen molar-refractivity contribution >= 4 is 33.1 Å². The molecule has 1 aliphatic rings. The molecule has 4 aromatic rings. The Hall–Kier alpha value is -3.26. The SMILES string of the molecule is Cc1c(C(=O)Nc2cccc(-n3nccc3C)c2)sc2nc3n(c(=O)c12)CCCCC3. The van der Waals surface area contributed by atoms with Gasteiger partial charge >= 0.3 is 0 Å². The van der Waals surface area contributed by atoms with Gasteiger partial charge < -0.3 is 5.32 Å². The van der Waals surface area contributed by atoms with Crippen LogP contribution in [-0.2, 0) is 13.0 Å². The summed E-state index contributed by atoms with van der Waals surface area (Å²) in [6, 6.07) is 9.49. The van der Waals surface area contributed by atoms with E-state index in [2.05, 4.69) is 10.4 Å². The Labute approximate surface area is 183 Å². The smallest absolute Gasteiger partial charge is 0.266 e. The van der Waals surface area contributed by atoms with E-state index in [0.29, 0.717) is 32.9 Å². The Balaban J connectivity index is 1.50. The second-order valence-corrected chi connectivity index (χ2v) is 8.92. The van der Waals surface area contributed by atoms with Crippen LogP contribution in [0.25, 0.3) is 15.9 Å². The summed E-state index contributed by atoms with van der Waals surface area (Å²) in [5.74, 6) is 0.611. The molecule has 0 saturated heterocycles. The summed E-state index contributed by atoms with van der Waals surface area (Å²) in [6.45, 7) is 4.52. The first kappa shape index (κ1) is 19.7. The van der Waals surface area contributed by atoms with Gasteiger partial charge in [0.25, 0.3) is 11.5 Å². The van der Waals surface area contributed by atoms with E-state index in [1.54, 1.807) is 10.8 Å². The summed E-state index contributed by atoms with van der Waals surface area (Å²) in [5, 5.41) is 7.87. The first-order valence-corrected chi connectivity index (χ1v) is 11.3. The van der Waals surface area contributed by atoms with Crippen molar-refractivity contribution in [2.45, 2.75) is 46.1 Å². The molecule has 7 nitrogen and oxygen atoms in total. The minimum Gasteiger partial charge on any atom is -0.321 e. The maximum atomic E-state index is 13.1. The van der Waals surface area contributed by atoms with Crippen molar-refractivity contribution in [2.75, 3.05) is 5.32 Å². The number of amides is 1. The topological polar surface area (TPSA) is 81.8 Å². The predicted molar refractivity (Wildman–Crippen MR) is 122 cm³/mol. The van der Waals surface area contributed by atoms with Gasteiger partial charge in [0.05, 0.1) is 16.0 Å². The van der Waals surface area contributed by atoms with Crippen LogP contribution in [0.3, 0.4) is 0 Å². The predicted octanol–water partition coefficient (Wildman–Crippen LogP) is 4.24. The molecule has 4 heterocycles. The van der Waals surface area contributed by atoms with Crippen LogP contribution >= 0.6 is 11.3 Å². The molecule has 0 bridgehead atoms. The number of carbonyl (C=O) groups excluding carboxylic acids is 1. The van der Waals surface area contributed by atoms with Gasteiger partial charge in [0.1, 0.15) is 10.7 Å². The van der Waals surface area contributed by atoms with Crippen LogP contribution in [0.5, 0.6) is 0 Å². The highest BCUT2D eigenvalue weighted by Crippen LogP contribution is 2.29. The number of hydrogen-bond donors (Lipinski definition) is 1. The maximum absolute atomic E-state index is 13.1. The number of aryl methyl sites for hydroxylation is 3. The summed E-state index contributed by atoms with van der Waals surface area (Å²) >= 11 is 1.30. The van der Waals surface area contributed by atoms with E-state index in [0.717, 1.165) is 42.9 Å². The molecule has 1 amide bonds. The summed E-state index contributed by atoms with van der Waals surface area (Å²) in [5.41, 5.74) is 3.24. The molecule has 0 unspecified atom stereocenters. The molecule has 1 aromatic carbocycles. The molecule has 0 radical (unpaired) electrons. The lowest BCUT2D eigenvalue weighted by atomic mass is 10.2. The number of nitrogens with one attached hydrogen (secondary N) is 1. The Morgan fingerprint density at radius 3 is 2.84 bits per heavy atom. The summed E-state index contributed by atoms with van der Waals surface area (Å²) in [4.78, 5) is 32.2. The van der Waals surface area contributed by atoms with Crippen molar-refractivity contribution in [2.24, 2.45) is 0 Å². The van der Waals surface area contributed by atoms with Crippen molar-refractivity contribution < 1.29 is 4.79 Å². The third kappa shape index (κ3) is 3.46. The van der Waals surface area contributed by atoms with Gasteiger partial charge in [-0.2, -0.15) is 5.10 Å². The quantitative estimate of drug-likeness (QED) is 0.524. The lowest BCUT2D eigenvalue weighted by Gasteiger charge is -2.09. The molecular weight excluding hydrogens is 410 g/mol. The van der Waals surface area contributed by atoms with Crippen LogP contribution < -0.4 is 10.9 Å². The Kier molecular flexibility index (Phi) is 4.94. The molecule has 1 aliphatic heterocycles. The molecule has 0 fully saturated rings. The molecule has 158 valence electrons. The molecule has 31 heavy (non-hydrogen) atoms. The van der Waals surface area contributed by atoms with Gasteiger partial charge in [0.15, 0.2) is 0 Å². The van der Waals surface area contributed by atoms with Crippen molar-refractivity contribution in [3.8, 4) is 5.69 Å². The molecule has 0 spiro atoms. The van der Waals surface area contributed by atoms with Crippen molar-refractivity contribution in [1.82, 2.24) is 19.3 Å². The van der Waals surface area contributed by atoms with E-state index in [1.165, 1.54) is 11.3 Å². The molecule has 1 N–H and O–H groups in total. The fourth-order valence-corrected chi connectivity index (χ4v) is 5.26. The lowest BCUT2D eigenvalue weighted by molar-refractivity contribution is 0.103. The molecule has 8 heteroatoms. The van der Waals surface area contributed by atoms with E-state index in [9.17, 15) is 9.59 Å². The number of fused-ring (bicyclic) bond motifs is 2. The number of aromatic nitrogens is 4. The van der Waals surface area contributed by atoms with Crippen LogP contribution in [0.2, 0.25) is 0 Å². The third-order valence-corrected chi connectivity index (χ3v) is 6.98.